The highest BCUT2D eigenvalue weighted by atomic mass is 16.6. The molecule has 0 aromatic heterocycles. The topological polar surface area (TPSA) is 72.7 Å². The van der Waals surface area contributed by atoms with Crippen molar-refractivity contribution < 1.29 is 14.5 Å². The van der Waals surface area contributed by atoms with E-state index in [-0.39, 0.29) is 17.4 Å². The first-order valence-electron chi connectivity index (χ1n) is 8.34. The molecule has 25 heavy (non-hydrogen) atoms. The molecule has 0 amide bonds. The lowest BCUT2D eigenvalue weighted by molar-refractivity contribution is -0.385. The Morgan fingerprint density at radius 3 is 2.40 bits per heavy atom. The van der Waals surface area contributed by atoms with E-state index in [0.29, 0.717) is 0 Å². The summed E-state index contributed by atoms with van der Waals surface area (Å²) in [5.74, 6) is -0.617. The largest absolute Gasteiger partial charge is 0.458 e. The van der Waals surface area contributed by atoms with E-state index < -0.39 is 10.9 Å². The molecule has 6 heteroatoms. The van der Waals surface area contributed by atoms with Crippen LogP contribution in [-0.4, -0.2) is 35.0 Å². The van der Waals surface area contributed by atoms with E-state index in [2.05, 4.69) is 17.0 Å². The molecule has 2 aromatic carbocycles. The van der Waals surface area contributed by atoms with Crippen molar-refractivity contribution in [3.8, 4) is 0 Å². The third kappa shape index (κ3) is 4.42. The van der Waals surface area contributed by atoms with Crippen LogP contribution in [0.5, 0.6) is 0 Å². The molecule has 1 heterocycles. The molecular weight excluding hydrogens is 320 g/mol. The van der Waals surface area contributed by atoms with Gasteiger partial charge in [0.1, 0.15) is 11.7 Å². The highest BCUT2D eigenvalue weighted by Crippen LogP contribution is 2.22. The summed E-state index contributed by atoms with van der Waals surface area (Å²) < 4.78 is 5.50. The maximum Gasteiger partial charge on any atom is 0.345 e. The SMILES string of the molecule is O=C(OC1CCN(Cc2ccccc2)CC1)c1ccccc1[N+](=O)[O-]. The number of benzene rings is 2. The molecule has 0 bridgehead atoms. The van der Waals surface area contributed by atoms with Crippen LogP contribution in [0.15, 0.2) is 54.6 Å². The second-order valence-corrected chi connectivity index (χ2v) is 6.14. The molecule has 6 nitrogen and oxygen atoms in total. The average Bonchev–Trinajstić information content (AvgIpc) is 2.64. The van der Waals surface area contributed by atoms with Crippen LogP contribution in [0.1, 0.15) is 28.8 Å². The summed E-state index contributed by atoms with van der Waals surface area (Å²) in [5.41, 5.74) is 1.06. The summed E-state index contributed by atoms with van der Waals surface area (Å²) in [6.07, 6.45) is 1.28. The Labute approximate surface area is 146 Å². The number of ether oxygens (including phenoxy) is 1. The van der Waals surface area contributed by atoms with E-state index in [4.69, 9.17) is 4.74 Å². The molecule has 0 saturated carbocycles. The molecule has 0 spiro atoms. The van der Waals surface area contributed by atoms with E-state index in [0.717, 1.165) is 32.5 Å². The Bertz CT molecular complexity index is 740. The number of hydrogen-bond donors (Lipinski definition) is 0. The summed E-state index contributed by atoms with van der Waals surface area (Å²) in [5, 5.41) is 11.0. The Morgan fingerprint density at radius 2 is 1.72 bits per heavy atom. The van der Waals surface area contributed by atoms with E-state index in [1.165, 1.54) is 23.8 Å². The van der Waals surface area contributed by atoms with Crippen molar-refractivity contribution in [1.82, 2.24) is 4.90 Å². The molecule has 2 aromatic rings. The standard InChI is InChI=1S/C19H20N2O4/c22-19(17-8-4-5-9-18(17)21(23)24)25-16-10-12-20(13-11-16)14-15-6-2-1-3-7-15/h1-9,16H,10-14H2. The lowest BCUT2D eigenvalue weighted by atomic mass is 10.1. The molecule has 0 atom stereocenters. The minimum atomic E-state index is -0.617. The Morgan fingerprint density at radius 1 is 1.08 bits per heavy atom. The van der Waals surface area contributed by atoms with Gasteiger partial charge in [0.15, 0.2) is 0 Å². The maximum atomic E-state index is 12.3. The molecule has 1 saturated heterocycles. The van der Waals surface area contributed by atoms with Crippen LogP contribution < -0.4 is 0 Å². The highest BCUT2D eigenvalue weighted by Gasteiger charge is 2.26. The Kier molecular flexibility index (Phi) is 5.40. The van der Waals surface area contributed by atoms with Crippen molar-refractivity contribution in [1.29, 1.82) is 0 Å². The van der Waals surface area contributed by atoms with Crippen molar-refractivity contribution in [2.75, 3.05) is 13.1 Å². The fraction of sp³-hybridized carbons (Fsp3) is 0.316. The van der Waals surface area contributed by atoms with Crippen LogP contribution in [0, 0.1) is 10.1 Å². The van der Waals surface area contributed by atoms with Gasteiger partial charge in [-0.05, 0) is 24.5 Å². The van der Waals surface area contributed by atoms with Gasteiger partial charge < -0.3 is 4.74 Å². The Balaban J connectivity index is 1.54. The van der Waals surface area contributed by atoms with Gasteiger partial charge in [0, 0.05) is 25.7 Å². The zero-order valence-electron chi connectivity index (χ0n) is 13.8. The van der Waals surface area contributed by atoms with Crippen molar-refractivity contribution in [2.45, 2.75) is 25.5 Å². The molecule has 1 aliphatic rings. The zero-order chi connectivity index (χ0) is 17.6. The molecule has 1 aliphatic heterocycles. The smallest absolute Gasteiger partial charge is 0.345 e. The lowest BCUT2D eigenvalue weighted by Gasteiger charge is -2.31. The first kappa shape index (κ1) is 17.1. The van der Waals surface area contributed by atoms with Crippen molar-refractivity contribution in [3.05, 3.63) is 75.8 Å². The average molecular weight is 340 g/mol. The number of likely N-dealkylation sites (tertiary alicyclic amines) is 1. The van der Waals surface area contributed by atoms with Crippen LogP contribution in [0.3, 0.4) is 0 Å². The summed E-state index contributed by atoms with van der Waals surface area (Å²) in [6, 6.07) is 16.1. The van der Waals surface area contributed by atoms with E-state index in [1.807, 2.05) is 18.2 Å². The van der Waals surface area contributed by atoms with Gasteiger partial charge in [-0.1, -0.05) is 42.5 Å². The normalized spacial score (nSPS) is 15.7. The number of nitrogens with zero attached hydrogens (tertiary/aromatic N) is 2. The summed E-state index contributed by atoms with van der Waals surface area (Å²) in [7, 11) is 0. The number of nitro groups is 1. The number of para-hydroxylation sites is 1. The molecular formula is C19H20N2O4. The predicted octanol–water partition coefficient (Wildman–Crippen LogP) is 3.42. The van der Waals surface area contributed by atoms with Gasteiger partial charge in [-0.2, -0.15) is 0 Å². The second kappa shape index (κ2) is 7.90. The molecule has 0 N–H and O–H groups in total. The summed E-state index contributed by atoms with van der Waals surface area (Å²) >= 11 is 0. The Hall–Kier alpha value is -2.73. The third-order valence-electron chi connectivity index (χ3n) is 4.38. The van der Waals surface area contributed by atoms with Gasteiger partial charge in [0.25, 0.3) is 5.69 Å². The molecule has 0 unspecified atom stereocenters. The van der Waals surface area contributed by atoms with E-state index in [9.17, 15) is 14.9 Å². The minimum Gasteiger partial charge on any atom is -0.458 e. The number of carbonyl (C=O) groups excluding carboxylic acids is 1. The molecule has 3 rings (SSSR count). The monoisotopic (exact) mass is 340 g/mol. The number of hydrogen-bond acceptors (Lipinski definition) is 5. The number of esters is 1. The van der Waals surface area contributed by atoms with Gasteiger partial charge in [0.2, 0.25) is 0 Å². The van der Waals surface area contributed by atoms with Gasteiger partial charge >= 0.3 is 5.97 Å². The van der Waals surface area contributed by atoms with Crippen LogP contribution in [0.25, 0.3) is 0 Å². The van der Waals surface area contributed by atoms with Crippen molar-refractivity contribution >= 4 is 11.7 Å². The van der Waals surface area contributed by atoms with Gasteiger partial charge in [-0.15, -0.1) is 0 Å². The van der Waals surface area contributed by atoms with E-state index >= 15 is 0 Å². The number of piperidine rings is 1. The van der Waals surface area contributed by atoms with Crippen LogP contribution in [-0.2, 0) is 11.3 Å². The molecule has 0 aliphatic carbocycles. The minimum absolute atomic E-state index is 0.0132. The van der Waals surface area contributed by atoms with Crippen LogP contribution in [0.2, 0.25) is 0 Å². The van der Waals surface area contributed by atoms with Crippen molar-refractivity contribution in [3.63, 3.8) is 0 Å². The summed E-state index contributed by atoms with van der Waals surface area (Å²) in [4.78, 5) is 25.1. The van der Waals surface area contributed by atoms with Crippen LogP contribution in [0.4, 0.5) is 5.69 Å². The predicted molar refractivity (Wildman–Crippen MR) is 93.3 cm³/mol. The second-order valence-electron chi connectivity index (χ2n) is 6.14. The zero-order valence-corrected chi connectivity index (χ0v) is 13.8. The third-order valence-corrected chi connectivity index (χ3v) is 4.38. The first-order valence-corrected chi connectivity index (χ1v) is 8.34. The van der Waals surface area contributed by atoms with Crippen molar-refractivity contribution in [2.24, 2.45) is 0 Å². The fourth-order valence-corrected chi connectivity index (χ4v) is 3.05. The molecule has 1 fully saturated rings. The van der Waals surface area contributed by atoms with E-state index in [1.54, 1.807) is 6.07 Å². The van der Waals surface area contributed by atoms with Crippen LogP contribution >= 0.6 is 0 Å². The number of carbonyl (C=O) groups is 1. The lowest BCUT2D eigenvalue weighted by Crippen LogP contribution is -2.37. The number of rotatable bonds is 5. The summed E-state index contributed by atoms with van der Waals surface area (Å²) in [6.45, 7) is 2.55. The maximum absolute atomic E-state index is 12.3. The van der Waals surface area contributed by atoms with Gasteiger partial charge in [0.05, 0.1) is 4.92 Å². The highest BCUT2D eigenvalue weighted by molar-refractivity contribution is 5.93. The molecule has 0 radical (unpaired) electrons. The first-order chi connectivity index (χ1) is 12.1. The number of nitro benzene ring substituents is 1. The molecule has 130 valence electrons. The van der Waals surface area contributed by atoms with Gasteiger partial charge in [-0.25, -0.2) is 4.79 Å². The fourth-order valence-electron chi connectivity index (χ4n) is 3.05. The van der Waals surface area contributed by atoms with Gasteiger partial charge in [-0.3, -0.25) is 15.0 Å². The quantitative estimate of drug-likeness (QED) is 0.474.